The third-order valence-electron chi connectivity index (χ3n) is 3.13. The van der Waals surface area contributed by atoms with Crippen LogP contribution in [-0.4, -0.2) is 4.98 Å². The van der Waals surface area contributed by atoms with Crippen molar-refractivity contribution in [3.63, 3.8) is 0 Å². The van der Waals surface area contributed by atoms with Crippen molar-refractivity contribution in [2.24, 2.45) is 0 Å². The van der Waals surface area contributed by atoms with Crippen LogP contribution in [0.1, 0.15) is 16.8 Å². The minimum Gasteiger partial charge on any atom is -0.252 e. The van der Waals surface area contributed by atoms with Crippen LogP contribution in [0.2, 0.25) is 0 Å². The van der Waals surface area contributed by atoms with Crippen LogP contribution < -0.4 is 0 Å². The zero-order valence-electron chi connectivity index (χ0n) is 10.4. The first-order valence-corrected chi connectivity index (χ1v) is 6.21. The molecule has 0 atom stereocenters. The predicted molar refractivity (Wildman–Crippen MR) is 75.7 cm³/mol. The number of hydrogen-bond donors (Lipinski definition) is 0. The maximum absolute atomic E-state index is 4.73. The second kappa shape index (κ2) is 4.61. The van der Waals surface area contributed by atoms with Gasteiger partial charge in [0.05, 0.1) is 5.52 Å². The summed E-state index contributed by atoms with van der Waals surface area (Å²) in [5.41, 5.74) is 4.77. The molecule has 1 nitrogen and oxygen atoms in total. The summed E-state index contributed by atoms with van der Waals surface area (Å²) in [4.78, 5) is 4.73. The molecule has 0 aliphatic heterocycles. The highest BCUT2D eigenvalue weighted by Crippen LogP contribution is 2.16. The molecule has 3 rings (SSSR count). The number of nitrogens with zero attached hydrogens (tertiary/aromatic N) is 1. The number of aryl methyl sites for hydroxylation is 1. The molecule has 0 saturated carbocycles. The van der Waals surface area contributed by atoms with Gasteiger partial charge in [0.15, 0.2) is 0 Å². The third kappa shape index (κ3) is 2.25. The van der Waals surface area contributed by atoms with Gasteiger partial charge in [0.1, 0.15) is 0 Å². The molecule has 1 heterocycles. The van der Waals surface area contributed by atoms with E-state index in [4.69, 9.17) is 4.98 Å². The third-order valence-corrected chi connectivity index (χ3v) is 3.13. The van der Waals surface area contributed by atoms with Gasteiger partial charge >= 0.3 is 0 Å². The lowest BCUT2D eigenvalue weighted by Gasteiger charge is -2.04. The zero-order chi connectivity index (χ0) is 12.4. The average Bonchev–Trinajstić information content (AvgIpc) is 2.39. The van der Waals surface area contributed by atoms with Crippen LogP contribution in [0, 0.1) is 6.92 Å². The van der Waals surface area contributed by atoms with E-state index in [0.717, 1.165) is 17.6 Å². The van der Waals surface area contributed by atoms with Gasteiger partial charge in [-0.1, -0.05) is 48.5 Å². The quantitative estimate of drug-likeness (QED) is 0.648. The lowest BCUT2D eigenvalue weighted by atomic mass is 10.1. The van der Waals surface area contributed by atoms with E-state index in [1.54, 1.807) is 0 Å². The van der Waals surface area contributed by atoms with Gasteiger partial charge in [-0.2, -0.15) is 0 Å². The molecule has 0 aliphatic rings. The molecule has 0 aliphatic carbocycles. The van der Waals surface area contributed by atoms with E-state index < -0.39 is 0 Å². The Labute approximate surface area is 107 Å². The Bertz CT molecular complexity index is 672. The van der Waals surface area contributed by atoms with E-state index in [9.17, 15) is 0 Å². The molecule has 18 heavy (non-hydrogen) atoms. The van der Waals surface area contributed by atoms with E-state index in [1.165, 1.54) is 16.5 Å². The molecule has 0 amide bonds. The zero-order valence-corrected chi connectivity index (χ0v) is 10.4. The second-order valence-electron chi connectivity index (χ2n) is 4.66. The summed E-state index contributed by atoms with van der Waals surface area (Å²) in [6, 6.07) is 21.1. The standard InChI is InChI=1S/C17H15N/c1-13-7-8-15-9-10-16(18-17(15)11-13)12-14-5-3-2-4-6-14/h2-11H,12H2,1H3. The van der Waals surface area contributed by atoms with E-state index in [2.05, 4.69) is 61.5 Å². The molecule has 0 N–H and O–H groups in total. The van der Waals surface area contributed by atoms with Gasteiger partial charge in [-0.25, -0.2) is 0 Å². The Kier molecular flexibility index (Phi) is 2.81. The van der Waals surface area contributed by atoms with Crippen molar-refractivity contribution in [2.45, 2.75) is 13.3 Å². The number of aromatic nitrogens is 1. The summed E-state index contributed by atoms with van der Waals surface area (Å²) < 4.78 is 0. The summed E-state index contributed by atoms with van der Waals surface area (Å²) in [6.07, 6.45) is 0.894. The fourth-order valence-corrected chi connectivity index (χ4v) is 2.17. The highest BCUT2D eigenvalue weighted by atomic mass is 14.7. The molecular formula is C17H15N. The SMILES string of the molecule is Cc1ccc2ccc(Cc3ccccc3)nc2c1. The van der Waals surface area contributed by atoms with Crippen LogP contribution in [-0.2, 0) is 6.42 Å². The monoisotopic (exact) mass is 233 g/mol. The van der Waals surface area contributed by atoms with Crippen molar-refractivity contribution in [3.8, 4) is 0 Å². The van der Waals surface area contributed by atoms with Crippen molar-refractivity contribution in [2.75, 3.05) is 0 Å². The smallest absolute Gasteiger partial charge is 0.0708 e. The molecule has 1 heteroatoms. The van der Waals surface area contributed by atoms with Gasteiger partial charge in [0.2, 0.25) is 0 Å². The lowest BCUT2D eigenvalue weighted by molar-refractivity contribution is 1.10. The topological polar surface area (TPSA) is 12.9 Å². The Morgan fingerprint density at radius 2 is 1.67 bits per heavy atom. The Balaban J connectivity index is 1.98. The summed E-state index contributed by atoms with van der Waals surface area (Å²) in [5.74, 6) is 0. The first-order chi connectivity index (χ1) is 8.81. The van der Waals surface area contributed by atoms with Gasteiger partial charge in [-0.05, 0) is 30.2 Å². The highest BCUT2D eigenvalue weighted by Gasteiger charge is 2.00. The summed E-state index contributed by atoms with van der Waals surface area (Å²) in [5, 5.41) is 1.21. The first kappa shape index (κ1) is 11.0. The van der Waals surface area contributed by atoms with Crippen molar-refractivity contribution >= 4 is 10.9 Å². The van der Waals surface area contributed by atoms with Crippen molar-refractivity contribution in [1.29, 1.82) is 0 Å². The summed E-state index contributed by atoms with van der Waals surface area (Å²) >= 11 is 0. The largest absolute Gasteiger partial charge is 0.252 e. The van der Waals surface area contributed by atoms with Gasteiger partial charge in [0, 0.05) is 17.5 Å². The van der Waals surface area contributed by atoms with E-state index in [1.807, 2.05) is 6.07 Å². The molecule has 1 aromatic heterocycles. The molecule has 3 aromatic rings. The van der Waals surface area contributed by atoms with E-state index in [0.29, 0.717) is 0 Å². The van der Waals surface area contributed by atoms with Gasteiger partial charge in [-0.15, -0.1) is 0 Å². The van der Waals surface area contributed by atoms with Gasteiger partial charge in [-0.3, -0.25) is 4.98 Å². The Morgan fingerprint density at radius 3 is 2.50 bits per heavy atom. The Morgan fingerprint density at radius 1 is 0.889 bits per heavy atom. The number of hydrogen-bond acceptors (Lipinski definition) is 1. The van der Waals surface area contributed by atoms with Crippen LogP contribution in [0.25, 0.3) is 10.9 Å². The fraction of sp³-hybridized carbons (Fsp3) is 0.118. The number of rotatable bonds is 2. The molecule has 0 bridgehead atoms. The van der Waals surface area contributed by atoms with Crippen molar-refractivity contribution in [3.05, 3.63) is 77.5 Å². The normalized spacial score (nSPS) is 10.7. The minimum absolute atomic E-state index is 0.894. The van der Waals surface area contributed by atoms with Crippen LogP contribution in [0.15, 0.2) is 60.7 Å². The van der Waals surface area contributed by atoms with Crippen molar-refractivity contribution in [1.82, 2.24) is 4.98 Å². The highest BCUT2D eigenvalue weighted by molar-refractivity contribution is 5.79. The molecular weight excluding hydrogens is 218 g/mol. The molecule has 0 unspecified atom stereocenters. The first-order valence-electron chi connectivity index (χ1n) is 6.21. The second-order valence-corrected chi connectivity index (χ2v) is 4.66. The average molecular weight is 233 g/mol. The van der Waals surface area contributed by atoms with Crippen LogP contribution >= 0.6 is 0 Å². The van der Waals surface area contributed by atoms with Crippen molar-refractivity contribution < 1.29 is 0 Å². The maximum Gasteiger partial charge on any atom is 0.0708 e. The predicted octanol–water partition coefficient (Wildman–Crippen LogP) is 4.13. The van der Waals surface area contributed by atoms with Gasteiger partial charge < -0.3 is 0 Å². The minimum atomic E-state index is 0.894. The van der Waals surface area contributed by atoms with Gasteiger partial charge in [0.25, 0.3) is 0 Å². The molecule has 88 valence electrons. The lowest BCUT2D eigenvalue weighted by Crippen LogP contribution is -1.92. The molecule has 2 aromatic carbocycles. The Hall–Kier alpha value is -2.15. The number of pyridine rings is 1. The summed E-state index contributed by atoms with van der Waals surface area (Å²) in [7, 11) is 0. The summed E-state index contributed by atoms with van der Waals surface area (Å²) in [6.45, 7) is 2.10. The van der Waals surface area contributed by atoms with E-state index >= 15 is 0 Å². The number of fused-ring (bicyclic) bond motifs is 1. The van der Waals surface area contributed by atoms with E-state index in [-0.39, 0.29) is 0 Å². The van der Waals surface area contributed by atoms with Crippen LogP contribution in [0.4, 0.5) is 0 Å². The molecule has 0 fully saturated rings. The fourth-order valence-electron chi connectivity index (χ4n) is 2.17. The maximum atomic E-state index is 4.73. The molecule has 0 spiro atoms. The number of benzene rings is 2. The molecule has 0 saturated heterocycles. The van der Waals surface area contributed by atoms with Crippen LogP contribution in [0.5, 0.6) is 0 Å². The van der Waals surface area contributed by atoms with Crippen LogP contribution in [0.3, 0.4) is 0 Å². The molecule has 0 radical (unpaired) electrons.